The maximum absolute atomic E-state index is 5.62. The third kappa shape index (κ3) is 6.76. The molecule has 0 bridgehead atoms. The normalized spacial score (nSPS) is 12.3. The molecule has 110 valence electrons. The van der Waals surface area contributed by atoms with Crippen LogP contribution < -0.4 is 5.32 Å². The third-order valence-electron chi connectivity index (χ3n) is 2.97. The molecule has 0 fully saturated rings. The van der Waals surface area contributed by atoms with Gasteiger partial charge in [-0.15, -0.1) is 0 Å². The van der Waals surface area contributed by atoms with E-state index in [4.69, 9.17) is 9.15 Å². The van der Waals surface area contributed by atoms with E-state index in [9.17, 15) is 0 Å². The Hall–Kier alpha value is -0.840. The van der Waals surface area contributed by atoms with Crippen LogP contribution in [0, 0.1) is 0 Å². The average Bonchev–Trinajstić information content (AvgIpc) is 2.79. The van der Waals surface area contributed by atoms with Crippen LogP contribution in [-0.2, 0) is 17.8 Å². The van der Waals surface area contributed by atoms with Gasteiger partial charge in [-0.2, -0.15) is 0 Å². The van der Waals surface area contributed by atoms with E-state index >= 15 is 0 Å². The van der Waals surface area contributed by atoms with Crippen molar-refractivity contribution in [3.05, 3.63) is 23.7 Å². The van der Waals surface area contributed by atoms with Crippen LogP contribution in [0.25, 0.3) is 0 Å². The van der Waals surface area contributed by atoms with Gasteiger partial charge in [0.25, 0.3) is 0 Å². The van der Waals surface area contributed by atoms with Crippen LogP contribution in [0.1, 0.15) is 39.0 Å². The van der Waals surface area contributed by atoms with Crippen LogP contribution in [0.15, 0.2) is 16.7 Å². The van der Waals surface area contributed by atoms with E-state index in [1.165, 1.54) is 5.56 Å². The standard InChI is InChI=1S/C15H28N2O2/c1-6-17(7-8-18-5)11-14-9-13(12-19-14)10-16-15(2,3)4/h9,12,16H,6-8,10-11H2,1-5H3. The zero-order valence-corrected chi connectivity index (χ0v) is 13.0. The lowest BCUT2D eigenvalue weighted by Gasteiger charge is -2.19. The van der Waals surface area contributed by atoms with Gasteiger partial charge in [-0.3, -0.25) is 4.90 Å². The molecule has 1 aromatic heterocycles. The number of nitrogens with zero attached hydrogens (tertiary/aromatic N) is 1. The molecule has 1 rings (SSSR count). The number of hydrogen-bond donors (Lipinski definition) is 1. The minimum atomic E-state index is 0.130. The van der Waals surface area contributed by atoms with E-state index in [0.717, 1.165) is 38.5 Å². The molecule has 0 radical (unpaired) electrons. The van der Waals surface area contributed by atoms with Gasteiger partial charge in [-0.25, -0.2) is 0 Å². The van der Waals surface area contributed by atoms with E-state index in [1.54, 1.807) is 7.11 Å². The summed E-state index contributed by atoms with van der Waals surface area (Å²) < 4.78 is 10.7. The van der Waals surface area contributed by atoms with Crippen molar-refractivity contribution in [2.45, 2.75) is 46.3 Å². The molecule has 4 nitrogen and oxygen atoms in total. The van der Waals surface area contributed by atoms with Crippen LogP contribution >= 0.6 is 0 Å². The highest BCUT2D eigenvalue weighted by Crippen LogP contribution is 2.12. The predicted molar refractivity (Wildman–Crippen MR) is 78.1 cm³/mol. The lowest BCUT2D eigenvalue weighted by molar-refractivity contribution is 0.143. The molecule has 0 amide bonds. The van der Waals surface area contributed by atoms with Crippen molar-refractivity contribution in [2.75, 3.05) is 26.8 Å². The average molecular weight is 268 g/mol. The molecule has 0 aromatic carbocycles. The molecule has 0 aliphatic carbocycles. The maximum Gasteiger partial charge on any atom is 0.118 e. The zero-order chi connectivity index (χ0) is 14.3. The van der Waals surface area contributed by atoms with Crippen molar-refractivity contribution in [1.29, 1.82) is 0 Å². The Morgan fingerprint density at radius 1 is 1.37 bits per heavy atom. The van der Waals surface area contributed by atoms with Crippen LogP contribution in [0.5, 0.6) is 0 Å². The summed E-state index contributed by atoms with van der Waals surface area (Å²) in [6.45, 7) is 13.0. The van der Waals surface area contributed by atoms with Gasteiger partial charge in [-0.05, 0) is 33.4 Å². The highest BCUT2D eigenvalue weighted by molar-refractivity contribution is 5.13. The van der Waals surface area contributed by atoms with Crippen molar-refractivity contribution in [1.82, 2.24) is 10.2 Å². The quantitative estimate of drug-likeness (QED) is 0.786. The predicted octanol–water partition coefficient (Wildman–Crippen LogP) is 2.64. The Bertz CT molecular complexity index is 355. The van der Waals surface area contributed by atoms with Gasteiger partial charge in [0, 0.05) is 31.3 Å². The molecular weight excluding hydrogens is 240 g/mol. The van der Waals surface area contributed by atoms with E-state index < -0.39 is 0 Å². The summed E-state index contributed by atoms with van der Waals surface area (Å²) in [4.78, 5) is 2.31. The first-order valence-corrected chi connectivity index (χ1v) is 6.97. The monoisotopic (exact) mass is 268 g/mol. The topological polar surface area (TPSA) is 37.6 Å². The van der Waals surface area contributed by atoms with Crippen LogP contribution in [0.3, 0.4) is 0 Å². The molecule has 0 spiro atoms. The van der Waals surface area contributed by atoms with E-state index in [-0.39, 0.29) is 5.54 Å². The number of furan rings is 1. The maximum atomic E-state index is 5.62. The summed E-state index contributed by atoms with van der Waals surface area (Å²) in [6.07, 6.45) is 1.85. The molecule has 0 saturated carbocycles. The number of ether oxygens (including phenoxy) is 1. The van der Waals surface area contributed by atoms with E-state index in [1.807, 2.05) is 6.26 Å². The first-order valence-electron chi connectivity index (χ1n) is 6.97. The van der Waals surface area contributed by atoms with Crippen LogP contribution in [-0.4, -0.2) is 37.2 Å². The second-order valence-electron chi connectivity index (χ2n) is 5.89. The van der Waals surface area contributed by atoms with Gasteiger partial charge in [0.15, 0.2) is 0 Å². The fourth-order valence-corrected chi connectivity index (χ4v) is 1.76. The van der Waals surface area contributed by atoms with Gasteiger partial charge >= 0.3 is 0 Å². The number of likely N-dealkylation sites (N-methyl/N-ethyl adjacent to an activating group) is 1. The Labute approximate surface area is 117 Å². The summed E-state index contributed by atoms with van der Waals surface area (Å²) in [5.41, 5.74) is 1.33. The number of hydrogen-bond acceptors (Lipinski definition) is 4. The van der Waals surface area contributed by atoms with Crippen molar-refractivity contribution in [3.63, 3.8) is 0 Å². The first-order chi connectivity index (χ1) is 8.94. The summed E-state index contributed by atoms with van der Waals surface area (Å²) in [6, 6.07) is 2.13. The molecular formula is C15H28N2O2. The van der Waals surface area contributed by atoms with Crippen molar-refractivity contribution in [3.8, 4) is 0 Å². The van der Waals surface area contributed by atoms with Gasteiger partial charge in [0.1, 0.15) is 5.76 Å². The molecule has 19 heavy (non-hydrogen) atoms. The van der Waals surface area contributed by atoms with E-state index in [0.29, 0.717) is 0 Å². The minimum absolute atomic E-state index is 0.130. The Morgan fingerprint density at radius 3 is 2.68 bits per heavy atom. The second kappa shape index (κ2) is 7.68. The molecule has 0 saturated heterocycles. The number of rotatable bonds is 8. The lowest BCUT2D eigenvalue weighted by Crippen LogP contribution is -2.34. The van der Waals surface area contributed by atoms with Crippen molar-refractivity contribution in [2.24, 2.45) is 0 Å². The molecule has 1 aromatic rings. The van der Waals surface area contributed by atoms with Gasteiger partial charge < -0.3 is 14.5 Å². The van der Waals surface area contributed by atoms with Crippen molar-refractivity contribution < 1.29 is 9.15 Å². The molecule has 1 heterocycles. The van der Waals surface area contributed by atoms with E-state index in [2.05, 4.69) is 44.0 Å². The SMILES string of the molecule is CCN(CCOC)Cc1cc(CNC(C)(C)C)co1. The largest absolute Gasteiger partial charge is 0.468 e. The van der Waals surface area contributed by atoms with Crippen LogP contribution in [0.2, 0.25) is 0 Å². The Kier molecular flexibility index (Phi) is 6.55. The fourth-order valence-electron chi connectivity index (χ4n) is 1.76. The smallest absolute Gasteiger partial charge is 0.118 e. The second-order valence-corrected chi connectivity index (χ2v) is 5.89. The summed E-state index contributed by atoms with van der Waals surface area (Å²) in [5.74, 6) is 1.02. The third-order valence-corrected chi connectivity index (χ3v) is 2.97. The molecule has 0 aliphatic heterocycles. The van der Waals surface area contributed by atoms with Crippen LogP contribution in [0.4, 0.5) is 0 Å². The molecule has 0 atom stereocenters. The summed E-state index contributed by atoms with van der Waals surface area (Å²) >= 11 is 0. The molecule has 0 aliphatic rings. The minimum Gasteiger partial charge on any atom is -0.468 e. The number of nitrogens with one attached hydrogen (secondary N) is 1. The molecule has 1 N–H and O–H groups in total. The molecule has 0 unspecified atom stereocenters. The Morgan fingerprint density at radius 2 is 2.11 bits per heavy atom. The highest BCUT2D eigenvalue weighted by Gasteiger charge is 2.11. The van der Waals surface area contributed by atoms with Gasteiger partial charge in [-0.1, -0.05) is 6.92 Å². The fraction of sp³-hybridized carbons (Fsp3) is 0.733. The molecule has 4 heteroatoms. The van der Waals surface area contributed by atoms with Gasteiger partial charge in [0.2, 0.25) is 0 Å². The summed E-state index contributed by atoms with van der Waals surface area (Å²) in [5, 5.41) is 3.46. The first kappa shape index (κ1) is 16.2. The summed E-state index contributed by atoms with van der Waals surface area (Å²) in [7, 11) is 1.73. The zero-order valence-electron chi connectivity index (χ0n) is 13.0. The van der Waals surface area contributed by atoms with Gasteiger partial charge in [0.05, 0.1) is 19.4 Å². The Balaban J connectivity index is 2.45. The number of methoxy groups -OCH3 is 1. The lowest BCUT2D eigenvalue weighted by atomic mass is 10.1. The van der Waals surface area contributed by atoms with Crippen molar-refractivity contribution >= 4 is 0 Å². The highest BCUT2D eigenvalue weighted by atomic mass is 16.5.